The first-order chi connectivity index (χ1) is 48.4. The van der Waals surface area contributed by atoms with Crippen molar-refractivity contribution in [2.75, 3.05) is 110 Å². The smallest absolute Gasteiger partial charge is 0.308 e. The van der Waals surface area contributed by atoms with Crippen LogP contribution in [0.15, 0.2) is 54.6 Å². The second-order valence-corrected chi connectivity index (χ2v) is 25.1. The molecule has 9 rings (SSSR count). The third kappa shape index (κ3) is 23.6. The highest BCUT2D eigenvalue weighted by molar-refractivity contribution is 6.27. The Bertz CT molecular complexity index is 3630. The first kappa shape index (κ1) is 81.1. The summed E-state index contributed by atoms with van der Waals surface area (Å²) in [6, 6.07) is 10.3. The Morgan fingerprint density at radius 3 is 1.09 bits per heavy atom. The molecule has 34 heteroatoms. The van der Waals surface area contributed by atoms with Crippen LogP contribution in [-0.4, -0.2) is 237 Å². The topological polar surface area (TPSA) is 446 Å². The third-order valence-corrected chi connectivity index (χ3v) is 15.1. The summed E-state index contributed by atoms with van der Waals surface area (Å²) in [7, 11) is 0. The molecule has 554 valence electrons. The third-order valence-electron chi connectivity index (χ3n) is 15.1. The maximum absolute atomic E-state index is 13.7. The Hall–Kier alpha value is -9.84. The van der Waals surface area contributed by atoms with Crippen molar-refractivity contribution in [2.24, 2.45) is 5.73 Å². The van der Waals surface area contributed by atoms with E-state index >= 15 is 0 Å². The standard InChI is InChI=1S/C24H31N3O8.C20H23N3O8.C13H9FN2O4.C11H23NO4/c1-24(2,3)35-19(29)9-11-33-13-14-34-12-10-25-16-6-4-5-15-20(16)23(32)27(22(15)31)17-7-8-18(28)26-21(17)30;24-15-5-4-14(18(27)22-15)23-19(28)12-2-1-3-13(17(12)20(23)29)21-7-9-31-11-10-30-8-6-16(25)26;14-7-3-1-2-6-10(7)13(20)16(12(6)19)8-4-5-9(17)15-11(8)18;1-11(2,3)16-10(13)4-6-14-8-9-15-7-5-12/h4-6,17,25H,7-14H2,1-3H3,(H,26,28,30);1-3,14,21H,4-11H2,(H,25,26)(H,22,24,27);1-3,8H,4-5H2,(H,15,17,18);4-9,12H2,1-3H3. The molecule has 0 spiro atoms. The molecule has 3 atom stereocenters. The van der Waals surface area contributed by atoms with Gasteiger partial charge in [-0.1, -0.05) is 18.2 Å². The molecular formula is C68H86FN9O24. The van der Waals surface area contributed by atoms with Gasteiger partial charge in [0, 0.05) is 50.3 Å². The average molecular weight is 1430 g/mol. The van der Waals surface area contributed by atoms with E-state index in [1.807, 2.05) is 20.8 Å². The second kappa shape index (κ2) is 38.8. The molecule has 0 radical (unpaired) electrons. The summed E-state index contributed by atoms with van der Waals surface area (Å²) in [4.78, 5) is 182. The van der Waals surface area contributed by atoms with Gasteiger partial charge in [-0.2, -0.15) is 0 Å². The van der Waals surface area contributed by atoms with Crippen LogP contribution >= 0.6 is 0 Å². The number of amides is 12. The number of benzene rings is 3. The summed E-state index contributed by atoms with van der Waals surface area (Å²) in [5.74, 6) is -9.39. The van der Waals surface area contributed by atoms with Crippen LogP contribution in [0, 0.1) is 5.82 Å². The van der Waals surface area contributed by atoms with E-state index in [2.05, 4.69) is 26.6 Å². The van der Waals surface area contributed by atoms with Crippen LogP contribution in [0.5, 0.6) is 0 Å². The van der Waals surface area contributed by atoms with Gasteiger partial charge in [0.2, 0.25) is 35.4 Å². The Kier molecular flexibility index (Phi) is 30.9. The fourth-order valence-corrected chi connectivity index (χ4v) is 10.6. The molecule has 3 unspecified atom stereocenters. The molecule has 6 aliphatic rings. The number of aliphatic carboxylic acids is 1. The highest BCUT2D eigenvalue weighted by Crippen LogP contribution is 2.35. The number of hydrogen-bond donors (Lipinski definition) is 7. The number of nitrogens with two attached hydrogens (primary N) is 1. The van der Waals surface area contributed by atoms with E-state index in [1.165, 1.54) is 24.3 Å². The van der Waals surface area contributed by atoms with Gasteiger partial charge >= 0.3 is 17.9 Å². The molecule has 3 aromatic rings. The number of carboxylic acid groups (broad SMARTS) is 1. The van der Waals surface area contributed by atoms with E-state index in [0.717, 1.165) is 20.8 Å². The van der Waals surface area contributed by atoms with Crippen LogP contribution in [0.2, 0.25) is 0 Å². The Morgan fingerprint density at radius 1 is 0.451 bits per heavy atom. The highest BCUT2D eigenvalue weighted by Gasteiger charge is 2.49. The maximum Gasteiger partial charge on any atom is 0.308 e. The number of carbonyl (C=O) groups excluding carboxylic acids is 14. The summed E-state index contributed by atoms with van der Waals surface area (Å²) in [6.07, 6.45) is 0.791. The molecule has 12 amide bonds. The number of nitrogens with one attached hydrogen (secondary N) is 5. The molecule has 0 aliphatic carbocycles. The maximum atomic E-state index is 13.7. The van der Waals surface area contributed by atoms with Crippen molar-refractivity contribution in [1.29, 1.82) is 0 Å². The average Bonchev–Trinajstić information content (AvgIpc) is 1.62. The number of nitrogens with zero attached hydrogens (tertiary/aromatic N) is 3. The molecule has 6 aliphatic heterocycles. The number of fused-ring (bicyclic) bond motifs is 3. The lowest BCUT2D eigenvalue weighted by Crippen LogP contribution is -2.54. The normalized spacial score (nSPS) is 17.8. The van der Waals surface area contributed by atoms with E-state index in [0.29, 0.717) is 83.9 Å². The fraction of sp³-hybridized carbons (Fsp3) is 0.515. The zero-order valence-corrected chi connectivity index (χ0v) is 57.5. The van der Waals surface area contributed by atoms with Crippen molar-refractivity contribution in [3.63, 3.8) is 0 Å². The van der Waals surface area contributed by atoms with Crippen molar-refractivity contribution in [3.05, 3.63) is 93.8 Å². The van der Waals surface area contributed by atoms with Gasteiger partial charge in [-0.25, -0.2) is 4.39 Å². The quantitative estimate of drug-likeness (QED) is 0.0276. The number of piperidine rings is 3. The number of carboxylic acids is 1. The van der Waals surface area contributed by atoms with Gasteiger partial charge in [-0.15, -0.1) is 0 Å². The van der Waals surface area contributed by atoms with Crippen molar-refractivity contribution in [3.8, 4) is 0 Å². The molecule has 0 aromatic heterocycles. The van der Waals surface area contributed by atoms with Crippen LogP contribution in [0.25, 0.3) is 0 Å². The number of halogens is 1. The van der Waals surface area contributed by atoms with Gasteiger partial charge < -0.3 is 59.4 Å². The van der Waals surface area contributed by atoms with E-state index in [1.54, 1.807) is 45.0 Å². The Morgan fingerprint density at radius 2 is 0.765 bits per heavy atom. The van der Waals surface area contributed by atoms with Crippen LogP contribution in [0.3, 0.4) is 0 Å². The SMILES string of the molecule is CC(C)(C)OC(=O)CCOCCOCCN.CC(C)(C)OC(=O)CCOCCOCCNc1cccc2c1C(=O)N(C1CCC(=O)NC1=O)C2=O.O=C(O)CCOCCOCCNc1cccc2c1C(=O)N(C1CCC(=O)NC1=O)C2=O.O=C1CCC(N2C(=O)c3cccc(F)c3C2=O)C(=O)N1. The summed E-state index contributed by atoms with van der Waals surface area (Å²) < 4.78 is 55.6. The molecule has 3 aromatic carbocycles. The molecule has 0 bridgehead atoms. The number of hydrogen-bond acceptors (Lipinski definition) is 26. The van der Waals surface area contributed by atoms with Gasteiger partial charge in [0.05, 0.1) is 132 Å². The van der Waals surface area contributed by atoms with Gasteiger partial charge in [0.1, 0.15) is 35.1 Å². The first-order valence-electron chi connectivity index (χ1n) is 32.9. The lowest BCUT2D eigenvalue weighted by molar-refractivity contribution is -0.157. The fourth-order valence-electron chi connectivity index (χ4n) is 10.6. The summed E-state index contributed by atoms with van der Waals surface area (Å²) in [6.45, 7) is 16.2. The largest absolute Gasteiger partial charge is 0.481 e. The first-order valence-corrected chi connectivity index (χ1v) is 32.9. The van der Waals surface area contributed by atoms with Crippen molar-refractivity contribution >= 4 is 100 Å². The number of anilines is 2. The number of imide groups is 6. The summed E-state index contributed by atoms with van der Waals surface area (Å²) in [5, 5.41) is 21.1. The van der Waals surface area contributed by atoms with Gasteiger partial charge in [0.25, 0.3) is 35.4 Å². The lowest BCUT2D eigenvalue weighted by Gasteiger charge is -2.27. The zero-order valence-electron chi connectivity index (χ0n) is 57.5. The number of esters is 2. The molecule has 33 nitrogen and oxygen atoms in total. The summed E-state index contributed by atoms with van der Waals surface area (Å²) in [5.41, 5.74) is 5.64. The molecular weight excluding hydrogens is 1350 g/mol. The highest BCUT2D eigenvalue weighted by atomic mass is 19.1. The molecule has 102 heavy (non-hydrogen) atoms. The second-order valence-electron chi connectivity index (χ2n) is 25.1. The molecule has 6 heterocycles. The van der Waals surface area contributed by atoms with Gasteiger partial charge in [-0.05, 0) is 97.2 Å². The van der Waals surface area contributed by atoms with E-state index in [-0.39, 0.29) is 130 Å². The monoisotopic (exact) mass is 1430 g/mol. The Balaban J connectivity index is 0.000000223. The van der Waals surface area contributed by atoms with Crippen molar-refractivity contribution < 1.29 is 119 Å². The predicted molar refractivity (Wildman–Crippen MR) is 353 cm³/mol. The predicted octanol–water partition coefficient (Wildman–Crippen LogP) is 2.21. The van der Waals surface area contributed by atoms with Gasteiger partial charge in [-0.3, -0.25) is 103 Å². The van der Waals surface area contributed by atoms with Crippen LogP contribution in [-0.2, 0) is 81.0 Å². The van der Waals surface area contributed by atoms with Crippen LogP contribution < -0.4 is 32.3 Å². The van der Waals surface area contributed by atoms with Crippen LogP contribution in [0.4, 0.5) is 15.8 Å². The van der Waals surface area contributed by atoms with E-state index in [9.17, 15) is 76.3 Å². The zero-order chi connectivity index (χ0) is 74.8. The van der Waals surface area contributed by atoms with E-state index in [4.69, 9.17) is 48.7 Å². The lowest BCUT2D eigenvalue weighted by atomic mass is 10.0. The number of ether oxygens (including phenoxy) is 8. The Labute approximate surface area is 585 Å². The number of carbonyl (C=O) groups is 15. The molecule has 0 saturated carbocycles. The number of rotatable bonds is 31. The van der Waals surface area contributed by atoms with Gasteiger partial charge in [0.15, 0.2) is 0 Å². The molecule has 3 fully saturated rings. The van der Waals surface area contributed by atoms with Crippen LogP contribution in [0.1, 0.15) is 161 Å². The minimum absolute atomic E-state index is 0.0340. The minimum Gasteiger partial charge on any atom is -0.481 e. The van der Waals surface area contributed by atoms with Crippen molar-refractivity contribution in [2.45, 2.75) is 129 Å². The minimum atomic E-state index is -1.07. The summed E-state index contributed by atoms with van der Waals surface area (Å²) >= 11 is 0. The molecule has 8 N–H and O–H groups in total. The van der Waals surface area contributed by atoms with E-state index < -0.39 is 112 Å². The van der Waals surface area contributed by atoms with Crippen molar-refractivity contribution in [1.82, 2.24) is 30.7 Å². The molecule has 3 saturated heterocycles.